The van der Waals surface area contributed by atoms with Gasteiger partial charge in [-0.05, 0) is 49.4 Å². The lowest BCUT2D eigenvalue weighted by molar-refractivity contribution is 0.101. The van der Waals surface area contributed by atoms with Gasteiger partial charge in [0.2, 0.25) is 11.7 Å². The topological polar surface area (TPSA) is 122 Å². The van der Waals surface area contributed by atoms with Crippen molar-refractivity contribution in [3.63, 3.8) is 0 Å². The minimum atomic E-state index is -0.647. The van der Waals surface area contributed by atoms with Gasteiger partial charge in [-0.15, -0.1) is 0 Å². The van der Waals surface area contributed by atoms with E-state index in [0.717, 1.165) is 4.70 Å². The van der Waals surface area contributed by atoms with Crippen LogP contribution >= 0.6 is 22.9 Å². The van der Waals surface area contributed by atoms with Gasteiger partial charge in [-0.3, -0.25) is 4.79 Å². The highest BCUT2D eigenvalue weighted by molar-refractivity contribution is 7.20. The fourth-order valence-corrected chi connectivity index (χ4v) is 4.68. The molecule has 0 aliphatic carbocycles. The fraction of sp³-hybridized carbons (Fsp3) is 0.0909. The van der Waals surface area contributed by atoms with E-state index in [-0.39, 0.29) is 40.3 Å². The molecule has 0 saturated carbocycles. The maximum absolute atomic E-state index is 13.3. The van der Waals surface area contributed by atoms with E-state index < -0.39 is 17.4 Å². The van der Waals surface area contributed by atoms with Crippen molar-refractivity contribution in [2.45, 2.75) is 13.5 Å². The molecule has 5 rings (SSSR count). The molecule has 0 saturated heterocycles. The number of aliphatic hydroxyl groups excluding tert-OH is 1. The first-order chi connectivity index (χ1) is 15.4. The van der Waals surface area contributed by atoms with E-state index in [1.165, 1.54) is 34.1 Å². The molecule has 10 heteroatoms. The minimum absolute atomic E-state index is 0.0128. The summed E-state index contributed by atoms with van der Waals surface area (Å²) >= 11 is 7.29. The van der Waals surface area contributed by atoms with Crippen molar-refractivity contribution < 1.29 is 28.9 Å². The van der Waals surface area contributed by atoms with Crippen molar-refractivity contribution in [3.05, 3.63) is 70.3 Å². The second-order valence-electron chi connectivity index (χ2n) is 7.00. The van der Waals surface area contributed by atoms with Crippen molar-refractivity contribution >= 4 is 38.9 Å². The lowest BCUT2D eigenvalue weighted by atomic mass is 10.1. The summed E-state index contributed by atoms with van der Waals surface area (Å²) in [6, 6.07) is 11.3. The maximum Gasteiger partial charge on any atom is 0.242 e. The number of nitrogens with zero attached hydrogens (tertiary/aromatic N) is 2. The monoisotopic (exact) mass is 470 g/mol. The zero-order valence-corrected chi connectivity index (χ0v) is 18.1. The van der Waals surface area contributed by atoms with E-state index in [4.69, 9.17) is 20.4 Å². The molecular weight excluding hydrogens is 456 g/mol. The van der Waals surface area contributed by atoms with E-state index in [9.17, 15) is 20.1 Å². The number of aliphatic hydroxyl groups is 1. The number of hydrogen-bond acceptors (Lipinski definition) is 8. The van der Waals surface area contributed by atoms with Gasteiger partial charge in [-0.25, -0.2) is 9.55 Å². The van der Waals surface area contributed by atoms with Crippen LogP contribution in [0.25, 0.3) is 26.8 Å². The molecule has 32 heavy (non-hydrogen) atoms. The summed E-state index contributed by atoms with van der Waals surface area (Å²) in [6.07, 6.45) is 0. The number of aromatic hydroxyl groups is 2. The zero-order chi connectivity index (χ0) is 22.6. The third-order valence-corrected chi connectivity index (χ3v) is 6.13. The van der Waals surface area contributed by atoms with E-state index >= 15 is 0 Å². The Morgan fingerprint density at radius 1 is 1.16 bits per heavy atom. The van der Waals surface area contributed by atoms with Crippen LogP contribution in [0.15, 0.2) is 51.3 Å². The largest absolute Gasteiger partial charge is 0.503 e. The van der Waals surface area contributed by atoms with Crippen molar-refractivity contribution in [2.24, 2.45) is 0 Å². The van der Waals surface area contributed by atoms with Gasteiger partial charge < -0.3 is 24.2 Å². The molecule has 1 aromatic carbocycles. The number of hydrogen-bond donors (Lipinski definition) is 3. The molecule has 0 unspecified atom stereocenters. The molecule has 0 aliphatic heterocycles. The minimum Gasteiger partial charge on any atom is -0.503 e. The Labute approximate surface area is 189 Å². The predicted octanol–water partition coefficient (Wildman–Crippen LogP) is 5.04. The summed E-state index contributed by atoms with van der Waals surface area (Å²) in [5, 5.41) is 31.8. The van der Waals surface area contributed by atoms with Gasteiger partial charge in [-0.2, -0.15) is 0 Å². The highest BCUT2D eigenvalue weighted by Crippen LogP contribution is 2.45. The van der Waals surface area contributed by atoms with E-state index in [0.29, 0.717) is 16.3 Å². The molecule has 4 aromatic heterocycles. The molecule has 0 atom stereocenters. The van der Waals surface area contributed by atoms with Crippen molar-refractivity contribution in [1.29, 1.82) is 0 Å². The SMILES string of the molecule is Cc1ccc(C(=O)c2c(O)c(O)n(-c3nc4ccc(Cl)cc4s3)c2-c2ccc(CO)o2)o1. The quantitative estimate of drug-likeness (QED) is 0.308. The van der Waals surface area contributed by atoms with Crippen LogP contribution < -0.4 is 0 Å². The van der Waals surface area contributed by atoms with Crippen LogP contribution in [0.5, 0.6) is 11.6 Å². The van der Waals surface area contributed by atoms with Gasteiger partial charge in [0.05, 0.1) is 10.2 Å². The highest BCUT2D eigenvalue weighted by Gasteiger charge is 2.33. The zero-order valence-electron chi connectivity index (χ0n) is 16.5. The molecule has 0 amide bonds. The number of halogens is 1. The first kappa shape index (κ1) is 20.4. The molecule has 162 valence electrons. The van der Waals surface area contributed by atoms with Gasteiger partial charge in [0.15, 0.2) is 22.4 Å². The van der Waals surface area contributed by atoms with Gasteiger partial charge >= 0.3 is 0 Å². The summed E-state index contributed by atoms with van der Waals surface area (Å²) in [4.78, 5) is 17.8. The number of aromatic nitrogens is 2. The number of benzene rings is 1. The van der Waals surface area contributed by atoms with Crippen molar-refractivity contribution in [2.75, 3.05) is 0 Å². The summed E-state index contributed by atoms with van der Waals surface area (Å²) in [6.45, 7) is 1.32. The van der Waals surface area contributed by atoms with E-state index in [1.807, 2.05) is 0 Å². The van der Waals surface area contributed by atoms with Crippen molar-refractivity contribution in [3.8, 4) is 28.2 Å². The average Bonchev–Trinajstić information content (AvgIpc) is 3.54. The Morgan fingerprint density at radius 3 is 2.66 bits per heavy atom. The standard InChI is InChI=1S/C22H15ClN2O6S/c1-10-2-6-15(30-10)19(27)17-18(14-7-4-12(9-26)31-14)25(21(29)20(17)28)22-24-13-5-3-11(23)8-16(13)32-22/h2-8,26,28-29H,9H2,1H3. The number of thiazole rings is 1. The third kappa shape index (κ3) is 3.18. The number of ketones is 1. The number of aryl methyl sites for hydroxylation is 1. The summed E-state index contributed by atoms with van der Waals surface area (Å²) in [7, 11) is 0. The van der Waals surface area contributed by atoms with Crippen LogP contribution in [-0.4, -0.2) is 30.7 Å². The van der Waals surface area contributed by atoms with Crippen LogP contribution in [0.2, 0.25) is 5.02 Å². The molecule has 0 bridgehead atoms. The number of carbonyl (C=O) groups excluding carboxylic acids is 1. The second kappa shape index (κ2) is 7.56. The van der Waals surface area contributed by atoms with Gasteiger partial charge in [0, 0.05) is 5.02 Å². The van der Waals surface area contributed by atoms with Crippen LogP contribution in [0, 0.1) is 6.92 Å². The van der Waals surface area contributed by atoms with Crippen LogP contribution in [-0.2, 0) is 6.61 Å². The molecule has 0 fully saturated rings. The lowest BCUT2D eigenvalue weighted by Gasteiger charge is -2.06. The number of fused-ring (bicyclic) bond motifs is 1. The maximum atomic E-state index is 13.3. The highest BCUT2D eigenvalue weighted by atomic mass is 35.5. The molecule has 3 N–H and O–H groups in total. The van der Waals surface area contributed by atoms with Gasteiger partial charge in [0.1, 0.15) is 29.4 Å². The Hall–Kier alpha value is -3.53. The molecular formula is C22H15ClN2O6S. The Morgan fingerprint density at radius 2 is 1.97 bits per heavy atom. The van der Waals surface area contributed by atoms with Gasteiger partial charge in [0.25, 0.3) is 0 Å². The summed E-state index contributed by atoms with van der Waals surface area (Å²) in [5.74, 6) is -0.978. The molecule has 0 radical (unpaired) electrons. The molecule has 4 heterocycles. The molecule has 0 aliphatic rings. The lowest BCUT2D eigenvalue weighted by Crippen LogP contribution is -2.03. The number of rotatable bonds is 5. The van der Waals surface area contributed by atoms with E-state index in [2.05, 4.69) is 4.98 Å². The average molecular weight is 471 g/mol. The molecule has 8 nitrogen and oxygen atoms in total. The first-order valence-corrected chi connectivity index (χ1v) is 10.6. The Bertz CT molecular complexity index is 1490. The number of carbonyl (C=O) groups is 1. The van der Waals surface area contributed by atoms with Crippen LogP contribution in [0.4, 0.5) is 0 Å². The normalized spacial score (nSPS) is 11.5. The number of furan rings is 2. The smallest absolute Gasteiger partial charge is 0.242 e. The summed E-state index contributed by atoms with van der Waals surface area (Å²) in [5.41, 5.74) is 0.481. The summed E-state index contributed by atoms with van der Waals surface area (Å²) < 4.78 is 13.1. The third-order valence-electron chi connectivity index (χ3n) is 4.89. The van der Waals surface area contributed by atoms with Crippen LogP contribution in [0.3, 0.4) is 0 Å². The first-order valence-electron chi connectivity index (χ1n) is 9.41. The molecule has 0 spiro atoms. The Balaban J connectivity index is 1.80. The van der Waals surface area contributed by atoms with E-state index in [1.54, 1.807) is 31.2 Å². The van der Waals surface area contributed by atoms with Crippen LogP contribution in [0.1, 0.15) is 27.6 Å². The molecule has 5 aromatic rings. The Kier molecular flexibility index (Phi) is 4.81. The predicted molar refractivity (Wildman–Crippen MR) is 118 cm³/mol. The fourth-order valence-electron chi connectivity index (χ4n) is 3.43. The second-order valence-corrected chi connectivity index (χ2v) is 8.45. The van der Waals surface area contributed by atoms with Gasteiger partial charge in [-0.1, -0.05) is 22.9 Å². The van der Waals surface area contributed by atoms with Crippen molar-refractivity contribution in [1.82, 2.24) is 9.55 Å².